The lowest BCUT2D eigenvalue weighted by Gasteiger charge is -2.34. The second-order valence-electron chi connectivity index (χ2n) is 4.70. The largest absolute Gasteiger partial charge is 0.394 e. The Labute approximate surface area is 95.8 Å². The van der Waals surface area contributed by atoms with Crippen molar-refractivity contribution in [1.82, 2.24) is 10.2 Å². The molecule has 0 spiro atoms. The number of carbonyl (C=O) groups is 1. The van der Waals surface area contributed by atoms with Gasteiger partial charge in [0.1, 0.15) is 0 Å². The molecule has 3 atom stereocenters. The summed E-state index contributed by atoms with van der Waals surface area (Å²) in [6, 6.07) is 0. The summed E-state index contributed by atoms with van der Waals surface area (Å²) in [6.07, 6.45) is -0.206. The van der Waals surface area contributed by atoms with Gasteiger partial charge in [-0.15, -0.1) is 0 Å². The van der Waals surface area contributed by atoms with E-state index in [0.717, 1.165) is 13.1 Å². The molecule has 2 heterocycles. The van der Waals surface area contributed by atoms with E-state index in [1.807, 2.05) is 4.90 Å². The lowest BCUT2D eigenvalue weighted by Crippen LogP contribution is -2.49. The van der Waals surface area contributed by atoms with Crippen LogP contribution in [0.25, 0.3) is 0 Å². The smallest absolute Gasteiger partial charge is 0.227 e. The zero-order chi connectivity index (χ0) is 11.5. The number of aliphatic hydroxyl groups excluding tert-OH is 1. The minimum atomic E-state index is -0.206. The van der Waals surface area contributed by atoms with E-state index in [1.54, 1.807) is 0 Å². The third-order valence-electron chi connectivity index (χ3n) is 3.49. The number of aliphatic hydroxyl groups is 1. The molecular weight excluding hydrogens is 208 g/mol. The number of nitrogens with zero attached hydrogens (tertiary/aromatic N) is 1. The Morgan fingerprint density at radius 1 is 1.56 bits per heavy atom. The highest BCUT2D eigenvalue weighted by Gasteiger charge is 2.34. The maximum absolute atomic E-state index is 12.2. The van der Waals surface area contributed by atoms with Gasteiger partial charge in [-0.25, -0.2) is 0 Å². The molecule has 0 aromatic rings. The van der Waals surface area contributed by atoms with Gasteiger partial charge in [-0.05, 0) is 12.5 Å². The van der Waals surface area contributed by atoms with Crippen LogP contribution in [0, 0.1) is 11.8 Å². The molecule has 2 rings (SSSR count). The first-order chi connectivity index (χ1) is 7.72. The van der Waals surface area contributed by atoms with Crippen LogP contribution in [0.1, 0.15) is 6.92 Å². The fourth-order valence-corrected chi connectivity index (χ4v) is 2.41. The molecule has 0 aliphatic carbocycles. The quantitative estimate of drug-likeness (QED) is 0.640. The Morgan fingerprint density at radius 3 is 3.00 bits per heavy atom. The topological polar surface area (TPSA) is 61.8 Å². The van der Waals surface area contributed by atoms with Crippen molar-refractivity contribution in [2.24, 2.45) is 11.8 Å². The highest BCUT2D eigenvalue weighted by atomic mass is 16.5. The second kappa shape index (κ2) is 5.12. The molecule has 0 aromatic heterocycles. The Hall–Kier alpha value is -0.650. The van der Waals surface area contributed by atoms with E-state index in [-0.39, 0.29) is 24.5 Å². The molecule has 0 bridgehead atoms. The van der Waals surface area contributed by atoms with Gasteiger partial charge in [-0.3, -0.25) is 4.79 Å². The standard InChI is InChI=1S/C11H20N2O3/c1-8-4-12-5-10(8)11(15)13-2-3-16-9(6-13)7-14/h8-10,12,14H,2-7H2,1H3. The summed E-state index contributed by atoms with van der Waals surface area (Å²) in [6.45, 7) is 5.50. The lowest BCUT2D eigenvalue weighted by atomic mass is 9.96. The third kappa shape index (κ3) is 2.36. The molecule has 5 heteroatoms. The summed E-state index contributed by atoms with van der Waals surface area (Å²) in [4.78, 5) is 14.1. The molecule has 1 amide bonds. The molecule has 2 aliphatic heterocycles. The fourth-order valence-electron chi connectivity index (χ4n) is 2.41. The molecule has 0 saturated carbocycles. The van der Waals surface area contributed by atoms with E-state index in [1.165, 1.54) is 0 Å². The summed E-state index contributed by atoms with van der Waals surface area (Å²) in [5, 5.41) is 12.3. The molecule has 2 saturated heterocycles. The minimum absolute atomic E-state index is 0.0117. The Kier molecular flexibility index (Phi) is 3.78. The summed E-state index contributed by atoms with van der Waals surface area (Å²) in [7, 11) is 0. The summed E-state index contributed by atoms with van der Waals surface area (Å²) in [5.74, 6) is 0.708. The van der Waals surface area contributed by atoms with E-state index in [4.69, 9.17) is 9.84 Å². The van der Waals surface area contributed by atoms with E-state index < -0.39 is 0 Å². The number of hydrogen-bond donors (Lipinski definition) is 2. The summed E-state index contributed by atoms with van der Waals surface area (Å²) >= 11 is 0. The van der Waals surface area contributed by atoms with Crippen molar-refractivity contribution >= 4 is 5.91 Å². The van der Waals surface area contributed by atoms with Gasteiger partial charge in [-0.2, -0.15) is 0 Å². The number of morpholine rings is 1. The normalized spacial score (nSPS) is 35.4. The SMILES string of the molecule is CC1CNCC1C(=O)N1CCOC(CO)C1. The van der Waals surface area contributed by atoms with Gasteiger partial charge < -0.3 is 20.1 Å². The third-order valence-corrected chi connectivity index (χ3v) is 3.49. The van der Waals surface area contributed by atoms with E-state index in [0.29, 0.717) is 25.6 Å². The van der Waals surface area contributed by atoms with Gasteiger partial charge in [-0.1, -0.05) is 6.92 Å². The van der Waals surface area contributed by atoms with Crippen LogP contribution in [0.15, 0.2) is 0 Å². The summed E-state index contributed by atoms with van der Waals surface area (Å²) < 4.78 is 5.34. The van der Waals surface area contributed by atoms with Gasteiger partial charge in [0.2, 0.25) is 5.91 Å². The predicted molar refractivity (Wildman–Crippen MR) is 58.9 cm³/mol. The molecule has 0 radical (unpaired) electrons. The van der Waals surface area contributed by atoms with Gasteiger partial charge in [0.05, 0.1) is 25.2 Å². The zero-order valence-electron chi connectivity index (χ0n) is 9.69. The van der Waals surface area contributed by atoms with Crippen molar-refractivity contribution in [2.45, 2.75) is 13.0 Å². The maximum Gasteiger partial charge on any atom is 0.227 e. The van der Waals surface area contributed by atoms with Crippen LogP contribution < -0.4 is 5.32 Å². The first-order valence-corrected chi connectivity index (χ1v) is 5.94. The van der Waals surface area contributed by atoms with E-state index in [2.05, 4.69) is 12.2 Å². The van der Waals surface area contributed by atoms with Crippen molar-refractivity contribution in [3.63, 3.8) is 0 Å². The van der Waals surface area contributed by atoms with Crippen LogP contribution >= 0.6 is 0 Å². The number of carbonyl (C=O) groups excluding carboxylic acids is 1. The van der Waals surface area contributed by atoms with Crippen LogP contribution in [-0.4, -0.2) is 61.4 Å². The second-order valence-corrected chi connectivity index (χ2v) is 4.70. The van der Waals surface area contributed by atoms with E-state index in [9.17, 15) is 4.79 Å². The monoisotopic (exact) mass is 228 g/mol. The highest BCUT2D eigenvalue weighted by molar-refractivity contribution is 5.79. The van der Waals surface area contributed by atoms with Gasteiger partial charge in [0.25, 0.3) is 0 Å². The van der Waals surface area contributed by atoms with Crippen molar-refractivity contribution in [2.75, 3.05) is 39.4 Å². The van der Waals surface area contributed by atoms with E-state index >= 15 is 0 Å². The molecule has 92 valence electrons. The van der Waals surface area contributed by atoms with Crippen LogP contribution in [0.3, 0.4) is 0 Å². The van der Waals surface area contributed by atoms with Crippen molar-refractivity contribution < 1.29 is 14.6 Å². The minimum Gasteiger partial charge on any atom is -0.394 e. The van der Waals surface area contributed by atoms with Gasteiger partial charge >= 0.3 is 0 Å². The molecule has 5 nitrogen and oxygen atoms in total. The van der Waals surface area contributed by atoms with Gasteiger partial charge in [0, 0.05) is 19.6 Å². The van der Waals surface area contributed by atoms with Crippen LogP contribution in [-0.2, 0) is 9.53 Å². The molecule has 2 aliphatic rings. The molecule has 3 unspecified atom stereocenters. The van der Waals surface area contributed by atoms with Crippen LogP contribution in [0.4, 0.5) is 0 Å². The van der Waals surface area contributed by atoms with Crippen LogP contribution in [0.2, 0.25) is 0 Å². The first kappa shape index (κ1) is 11.8. The number of ether oxygens (including phenoxy) is 1. The number of rotatable bonds is 2. The highest BCUT2D eigenvalue weighted by Crippen LogP contribution is 2.20. The van der Waals surface area contributed by atoms with Crippen molar-refractivity contribution in [3.05, 3.63) is 0 Å². The number of hydrogen-bond acceptors (Lipinski definition) is 4. The van der Waals surface area contributed by atoms with Crippen molar-refractivity contribution in [1.29, 1.82) is 0 Å². The van der Waals surface area contributed by atoms with Crippen LogP contribution in [0.5, 0.6) is 0 Å². The molecular formula is C11H20N2O3. The predicted octanol–water partition coefficient (Wildman–Crippen LogP) is -0.938. The molecule has 2 fully saturated rings. The molecule has 16 heavy (non-hydrogen) atoms. The Balaban J connectivity index is 1.93. The Bertz CT molecular complexity index is 260. The average molecular weight is 228 g/mol. The van der Waals surface area contributed by atoms with Crippen molar-refractivity contribution in [3.8, 4) is 0 Å². The lowest BCUT2D eigenvalue weighted by molar-refractivity contribution is -0.145. The average Bonchev–Trinajstić information content (AvgIpc) is 2.74. The zero-order valence-corrected chi connectivity index (χ0v) is 9.69. The Morgan fingerprint density at radius 2 is 2.38 bits per heavy atom. The van der Waals surface area contributed by atoms with Gasteiger partial charge in [0.15, 0.2) is 0 Å². The number of nitrogens with one attached hydrogen (secondary N) is 1. The fraction of sp³-hybridized carbons (Fsp3) is 0.909. The first-order valence-electron chi connectivity index (χ1n) is 5.94. The molecule has 2 N–H and O–H groups in total. The maximum atomic E-state index is 12.2. The number of amides is 1. The molecule has 0 aromatic carbocycles. The summed E-state index contributed by atoms with van der Waals surface area (Å²) in [5.41, 5.74) is 0.